The van der Waals surface area contributed by atoms with Gasteiger partial charge in [0.2, 0.25) is 0 Å². The van der Waals surface area contributed by atoms with Crippen LogP contribution in [-0.2, 0) is 9.53 Å². The maximum atomic E-state index is 12.8. The van der Waals surface area contributed by atoms with E-state index in [4.69, 9.17) is 11.6 Å². The number of esters is 1. The molecule has 7 heteroatoms. The molecule has 0 fully saturated rings. The molecule has 1 aromatic rings. The lowest BCUT2D eigenvalue weighted by Crippen LogP contribution is -2.31. The zero-order chi connectivity index (χ0) is 12.8. The topological polar surface area (TPSA) is 68.3 Å². The molecule has 0 aromatic carbocycles. The fourth-order valence-corrected chi connectivity index (χ4v) is 1.23. The highest BCUT2D eigenvalue weighted by Crippen LogP contribution is 2.13. The Morgan fingerprint density at radius 1 is 1.59 bits per heavy atom. The number of halogens is 2. The third-order valence-electron chi connectivity index (χ3n) is 1.75. The lowest BCUT2D eigenvalue weighted by Gasteiger charge is -2.05. The number of carbonyl (C=O) groups excluding carboxylic acids is 2. The summed E-state index contributed by atoms with van der Waals surface area (Å²) in [4.78, 5) is 26.0. The molecule has 1 heterocycles. The van der Waals surface area contributed by atoms with Crippen molar-refractivity contribution < 1.29 is 18.7 Å². The Balaban J connectivity index is 2.64. The summed E-state index contributed by atoms with van der Waals surface area (Å²) >= 11 is 5.61. The van der Waals surface area contributed by atoms with Gasteiger partial charge in [0.25, 0.3) is 5.91 Å². The molecule has 0 radical (unpaired) electrons. The SMILES string of the molecule is CCOC(=O)CNC(=O)c1cc(F)cnc1Cl. The van der Waals surface area contributed by atoms with Crippen LogP contribution in [0.25, 0.3) is 0 Å². The van der Waals surface area contributed by atoms with E-state index in [-0.39, 0.29) is 23.9 Å². The first kappa shape index (κ1) is 13.4. The van der Waals surface area contributed by atoms with Crippen molar-refractivity contribution in [2.75, 3.05) is 13.2 Å². The van der Waals surface area contributed by atoms with Crippen molar-refractivity contribution in [3.63, 3.8) is 0 Å². The number of hydrogen-bond donors (Lipinski definition) is 1. The molecular weight excluding hydrogens is 251 g/mol. The van der Waals surface area contributed by atoms with Crippen LogP contribution < -0.4 is 5.32 Å². The van der Waals surface area contributed by atoms with E-state index in [9.17, 15) is 14.0 Å². The minimum Gasteiger partial charge on any atom is -0.465 e. The number of pyridine rings is 1. The van der Waals surface area contributed by atoms with Crippen LogP contribution in [0.3, 0.4) is 0 Å². The van der Waals surface area contributed by atoms with E-state index in [0.717, 1.165) is 12.3 Å². The molecule has 1 aromatic heterocycles. The monoisotopic (exact) mass is 260 g/mol. The third kappa shape index (κ3) is 3.99. The quantitative estimate of drug-likeness (QED) is 0.652. The molecule has 1 amide bonds. The van der Waals surface area contributed by atoms with Gasteiger partial charge in [-0.15, -0.1) is 0 Å². The molecule has 17 heavy (non-hydrogen) atoms. The minimum atomic E-state index is -0.685. The predicted molar refractivity (Wildman–Crippen MR) is 58.2 cm³/mol. The largest absolute Gasteiger partial charge is 0.465 e. The fraction of sp³-hybridized carbons (Fsp3) is 0.300. The summed E-state index contributed by atoms with van der Waals surface area (Å²) in [5.41, 5.74) is -0.129. The van der Waals surface area contributed by atoms with Crippen molar-refractivity contribution in [1.82, 2.24) is 10.3 Å². The first-order chi connectivity index (χ1) is 8.04. The zero-order valence-corrected chi connectivity index (χ0v) is 9.75. The van der Waals surface area contributed by atoms with Crippen LogP contribution in [0.15, 0.2) is 12.3 Å². The number of nitrogens with one attached hydrogen (secondary N) is 1. The molecule has 0 atom stereocenters. The van der Waals surface area contributed by atoms with E-state index in [1.54, 1.807) is 6.92 Å². The molecule has 0 aliphatic carbocycles. The van der Waals surface area contributed by atoms with Crippen LogP contribution in [0.4, 0.5) is 4.39 Å². The molecule has 5 nitrogen and oxygen atoms in total. The first-order valence-corrected chi connectivity index (χ1v) is 5.17. The van der Waals surface area contributed by atoms with E-state index < -0.39 is 17.7 Å². The second-order valence-electron chi connectivity index (χ2n) is 2.98. The molecule has 1 rings (SSSR count). The summed E-state index contributed by atoms with van der Waals surface area (Å²) in [6.45, 7) is 1.56. The average Bonchev–Trinajstić information content (AvgIpc) is 2.29. The Hall–Kier alpha value is -1.69. The van der Waals surface area contributed by atoms with E-state index in [0.29, 0.717) is 0 Å². The Morgan fingerprint density at radius 3 is 2.94 bits per heavy atom. The number of nitrogens with zero attached hydrogens (tertiary/aromatic N) is 1. The Morgan fingerprint density at radius 2 is 2.29 bits per heavy atom. The first-order valence-electron chi connectivity index (χ1n) is 4.79. The van der Waals surface area contributed by atoms with Gasteiger partial charge in [0.15, 0.2) is 0 Å². The van der Waals surface area contributed by atoms with Gasteiger partial charge in [-0.2, -0.15) is 0 Å². The van der Waals surface area contributed by atoms with Crippen molar-refractivity contribution in [2.24, 2.45) is 0 Å². The lowest BCUT2D eigenvalue weighted by molar-refractivity contribution is -0.141. The van der Waals surface area contributed by atoms with Gasteiger partial charge in [-0.3, -0.25) is 9.59 Å². The lowest BCUT2D eigenvalue weighted by atomic mass is 10.2. The van der Waals surface area contributed by atoms with Crippen molar-refractivity contribution >= 4 is 23.5 Å². The molecule has 0 spiro atoms. The molecule has 0 saturated carbocycles. The number of carbonyl (C=O) groups is 2. The molecule has 0 bridgehead atoms. The average molecular weight is 261 g/mol. The van der Waals surface area contributed by atoms with Gasteiger partial charge in [-0.05, 0) is 13.0 Å². The number of aromatic nitrogens is 1. The van der Waals surface area contributed by atoms with Crippen LogP contribution >= 0.6 is 11.6 Å². The molecule has 92 valence electrons. The molecule has 0 aliphatic heterocycles. The van der Waals surface area contributed by atoms with Crippen molar-refractivity contribution in [3.8, 4) is 0 Å². The zero-order valence-electron chi connectivity index (χ0n) is 9.00. The third-order valence-corrected chi connectivity index (χ3v) is 2.05. The summed E-state index contributed by atoms with van der Waals surface area (Å²) in [5, 5.41) is 2.12. The molecule has 0 aliphatic rings. The van der Waals surface area contributed by atoms with E-state index in [1.807, 2.05) is 0 Å². The van der Waals surface area contributed by atoms with Gasteiger partial charge in [-0.1, -0.05) is 11.6 Å². The van der Waals surface area contributed by atoms with Gasteiger partial charge in [0.1, 0.15) is 17.5 Å². The maximum Gasteiger partial charge on any atom is 0.325 e. The van der Waals surface area contributed by atoms with Gasteiger partial charge in [0.05, 0.1) is 18.4 Å². The minimum absolute atomic E-state index is 0.129. The van der Waals surface area contributed by atoms with Gasteiger partial charge >= 0.3 is 5.97 Å². The van der Waals surface area contributed by atoms with Crippen molar-refractivity contribution in [2.45, 2.75) is 6.92 Å². The Bertz CT molecular complexity index is 440. The number of hydrogen-bond acceptors (Lipinski definition) is 4. The predicted octanol–water partition coefficient (Wildman–Crippen LogP) is 1.17. The summed E-state index contributed by atoms with van der Waals surface area (Å²) in [5.74, 6) is -1.95. The second-order valence-corrected chi connectivity index (χ2v) is 3.34. The number of amides is 1. The van der Waals surface area contributed by atoms with Crippen LogP contribution in [0.1, 0.15) is 17.3 Å². The second kappa shape index (κ2) is 6.15. The summed E-state index contributed by atoms with van der Waals surface area (Å²) < 4.78 is 17.4. The Labute approximate surface area is 102 Å². The van der Waals surface area contributed by atoms with Crippen LogP contribution in [0, 0.1) is 5.82 Å². The van der Waals surface area contributed by atoms with Gasteiger partial charge < -0.3 is 10.1 Å². The van der Waals surface area contributed by atoms with E-state index in [2.05, 4.69) is 15.0 Å². The van der Waals surface area contributed by atoms with E-state index in [1.165, 1.54) is 0 Å². The maximum absolute atomic E-state index is 12.8. The highest BCUT2D eigenvalue weighted by Gasteiger charge is 2.13. The van der Waals surface area contributed by atoms with Crippen LogP contribution in [0.5, 0.6) is 0 Å². The normalized spacial score (nSPS) is 9.82. The molecule has 1 N–H and O–H groups in total. The smallest absolute Gasteiger partial charge is 0.325 e. The summed E-state index contributed by atoms with van der Waals surface area (Å²) in [6, 6.07) is 0.940. The Kier molecular flexibility index (Phi) is 4.84. The van der Waals surface area contributed by atoms with Crippen molar-refractivity contribution in [3.05, 3.63) is 28.8 Å². The van der Waals surface area contributed by atoms with Crippen molar-refractivity contribution in [1.29, 1.82) is 0 Å². The summed E-state index contributed by atoms with van der Waals surface area (Å²) in [6.07, 6.45) is 0.893. The molecule has 0 saturated heterocycles. The van der Waals surface area contributed by atoms with Crippen LogP contribution in [0.2, 0.25) is 5.15 Å². The molecule has 0 unspecified atom stereocenters. The summed E-state index contributed by atoms with van der Waals surface area (Å²) in [7, 11) is 0. The van der Waals surface area contributed by atoms with E-state index >= 15 is 0 Å². The van der Waals surface area contributed by atoms with Crippen LogP contribution in [-0.4, -0.2) is 30.0 Å². The van der Waals surface area contributed by atoms with Gasteiger partial charge in [0, 0.05) is 0 Å². The number of rotatable bonds is 4. The standard InChI is InChI=1S/C10H10ClFN2O3/c1-2-17-8(15)5-14-10(16)7-3-6(12)4-13-9(7)11/h3-4H,2,5H2,1H3,(H,14,16). The molecular formula is C10H10ClFN2O3. The highest BCUT2D eigenvalue weighted by molar-refractivity contribution is 6.32. The number of ether oxygens (including phenoxy) is 1. The fourth-order valence-electron chi connectivity index (χ4n) is 1.04. The highest BCUT2D eigenvalue weighted by atomic mass is 35.5. The van der Waals surface area contributed by atoms with Gasteiger partial charge in [-0.25, -0.2) is 9.37 Å².